The molecule has 0 atom stereocenters. The monoisotopic (exact) mass is 290 g/mol. The van der Waals surface area contributed by atoms with Crippen molar-refractivity contribution in [2.24, 2.45) is 0 Å². The lowest BCUT2D eigenvalue weighted by atomic mass is 9.97. The highest BCUT2D eigenvalue weighted by molar-refractivity contribution is 5.97. The molecule has 0 amide bonds. The summed E-state index contributed by atoms with van der Waals surface area (Å²) < 4.78 is 10.9. The molecule has 21 heavy (non-hydrogen) atoms. The van der Waals surface area contributed by atoms with Crippen molar-refractivity contribution < 1.29 is 19.1 Å². The molecule has 2 aromatic rings. The standard InChI is InChI=1S/C15H18N2O4/c1-8(2)20-7-11-16-17-14(21-11)12-9(3)5-6-10(4)13(12)15(18)19/h5-6,8H,7H2,1-4H3,(H,18,19). The van der Waals surface area contributed by atoms with Gasteiger partial charge in [0, 0.05) is 0 Å². The molecule has 1 N–H and O–H groups in total. The molecule has 0 bridgehead atoms. The Labute approximate surface area is 122 Å². The highest BCUT2D eigenvalue weighted by Gasteiger charge is 2.21. The third kappa shape index (κ3) is 3.28. The fourth-order valence-corrected chi connectivity index (χ4v) is 2.01. The van der Waals surface area contributed by atoms with Crippen molar-refractivity contribution in [2.75, 3.05) is 0 Å². The van der Waals surface area contributed by atoms with Crippen LogP contribution in [0.15, 0.2) is 16.5 Å². The summed E-state index contributed by atoms with van der Waals surface area (Å²) in [5, 5.41) is 17.3. The van der Waals surface area contributed by atoms with Gasteiger partial charge in [-0.05, 0) is 38.8 Å². The fraction of sp³-hybridized carbons (Fsp3) is 0.400. The van der Waals surface area contributed by atoms with Crippen molar-refractivity contribution in [3.05, 3.63) is 34.7 Å². The minimum Gasteiger partial charge on any atom is -0.478 e. The van der Waals surface area contributed by atoms with Crippen LogP contribution in [0.5, 0.6) is 0 Å². The van der Waals surface area contributed by atoms with E-state index in [1.165, 1.54) is 0 Å². The van der Waals surface area contributed by atoms with Crippen LogP contribution in [0.4, 0.5) is 0 Å². The lowest BCUT2D eigenvalue weighted by Gasteiger charge is -2.08. The minimum atomic E-state index is -1.01. The number of benzene rings is 1. The third-order valence-electron chi connectivity index (χ3n) is 3.06. The van der Waals surface area contributed by atoms with Gasteiger partial charge in [-0.25, -0.2) is 4.79 Å². The highest BCUT2D eigenvalue weighted by atomic mass is 16.5. The molecular weight excluding hydrogens is 272 g/mol. The number of hydrogen-bond acceptors (Lipinski definition) is 5. The zero-order valence-electron chi connectivity index (χ0n) is 12.5. The van der Waals surface area contributed by atoms with Crippen LogP contribution in [-0.2, 0) is 11.3 Å². The number of rotatable bonds is 5. The number of hydrogen-bond donors (Lipinski definition) is 1. The number of carboxylic acid groups (broad SMARTS) is 1. The molecular formula is C15H18N2O4. The summed E-state index contributed by atoms with van der Waals surface area (Å²) in [4.78, 5) is 11.5. The van der Waals surface area contributed by atoms with E-state index in [1.54, 1.807) is 13.0 Å². The predicted octanol–water partition coefficient (Wildman–Crippen LogP) is 2.98. The van der Waals surface area contributed by atoms with Gasteiger partial charge in [0.2, 0.25) is 11.8 Å². The first kappa shape index (κ1) is 15.2. The number of aromatic carboxylic acids is 1. The van der Waals surface area contributed by atoms with Crippen LogP contribution in [0.1, 0.15) is 41.2 Å². The fourth-order valence-electron chi connectivity index (χ4n) is 2.01. The molecule has 6 nitrogen and oxygen atoms in total. The molecule has 0 radical (unpaired) electrons. The van der Waals surface area contributed by atoms with E-state index in [-0.39, 0.29) is 24.2 Å². The second kappa shape index (κ2) is 6.05. The molecule has 0 unspecified atom stereocenters. The first-order chi connectivity index (χ1) is 9.90. The average Bonchev–Trinajstić information content (AvgIpc) is 2.86. The van der Waals surface area contributed by atoms with Gasteiger partial charge in [0.1, 0.15) is 6.61 Å². The quantitative estimate of drug-likeness (QED) is 0.911. The molecule has 0 fully saturated rings. The summed E-state index contributed by atoms with van der Waals surface area (Å²) >= 11 is 0. The Bertz CT molecular complexity index is 662. The minimum absolute atomic E-state index is 0.0515. The normalized spacial score (nSPS) is 11.1. The van der Waals surface area contributed by atoms with Gasteiger partial charge in [-0.1, -0.05) is 12.1 Å². The van der Waals surface area contributed by atoms with Gasteiger partial charge in [0.05, 0.1) is 17.2 Å². The van der Waals surface area contributed by atoms with Gasteiger partial charge in [0.15, 0.2) is 0 Å². The second-order valence-corrected chi connectivity index (χ2v) is 5.12. The van der Waals surface area contributed by atoms with Crippen molar-refractivity contribution in [1.82, 2.24) is 10.2 Å². The molecule has 0 aliphatic rings. The number of aryl methyl sites for hydroxylation is 2. The maximum atomic E-state index is 11.5. The second-order valence-electron chi connectivity index (χ2n) is 5.12. The van der Waals surface area contributed by atoms with E-state index in [4.69, 9.17) is 9.15 Å². The Kier molecular flexibility index (Phi) is 4.37. The highest BCUT2D eigenvalue weighted by Crippen LogP contribution is 2.29. The molecule has 0 saturated carbocycles. The van der Waals surface area contributed by atoms with Crippen molar-refractivity contribution >= 4 is 5.97 Å². The molecule has 0 aliphatic carbocycles. The Morgan fingerprint density at radius 1 is 1.29 bits per heavy atom. The van der Waals surface area contributed by atoms with E-state index in [0.717, 1.165) is 5.56 Å². The maximum absolute atomic E-state index is 11.5. The number of ether oxygens (including phenoxy) is 1. The van der Waals surface area contributed by atoms with E-state index >= 15 is 0 Å². The smallest absolute Gasteiger partial charge is 0.336 e. The van der Waals surface area contributed by atoms with Gasteiger partial charge in [0.25, 0.3) is 0 Å². The number of nitrogens with zero attached hydrogens (tertiary/aromatic N) is 2. The summed E-state index contributed by atoms with van der Waals surface area (Å²) in [5.41, 5.74) is 2.08. The largest absolute Gasteiger partial charge is 0.478 e. The van der Waals surface area contributed by atoms with Gasteiger partial charge in [-0.15, -0.1) is 10.2 Å². The van der Waals surface area contributed by atoms with E-state index < -0.39 is 5.97 Å². The number of carbonyl (C=O) groups is 1. The van der Waals surface area contributed by atoms with E-state index in [9.17, 15) is 9.90 Å². The van der Waals surface area contributed by atoms with Crippen LogP contribution in [0, 0.1) is 13.8 Å². The average molecular weight is 290 g/mol. The molecule has 1 heterocycles. The SMILES string of the molecule is Cc1ccc(C)c(-c2nnc(COC(C)C)o2)c1C(=O)O. The zero-order valence-corrected chi connectivity index (χ0v) is 12.5. The van der Waals surface area contributed by atoms with Gasteiger partial charge in [-0.2, -0.15) is 0 Å². The molecule has 2 rings (SSSR count). The summed E-state index contributed by atoms with van der Waals surface area (Å²) in [5.74, 6) is -0.476. The van der Waals surface area contributed by atoms with Crippen molar-refractivity contribution in [3.8, 4) is 11.5 Å². The Morgan fingerprint density at radius 2 is 1.95 bits per heavy atom. The molecule has 112 valence electrons. The lowest BCUT2D eigenvalue weighted by molar-refractivity contribution is 0.0519. The molecule has 0 saturated heterocycles. The van der Waals surface area contributed by atoms with Crippen molar-refractivity contribution in [3.63, 3.8) is 0 Å². The van der Waals surface area contributed by atoms with Crippen LogP contribution in [0.2, 0.25) is 0 Å². The van der Waals surface area contributed by atoms with Gasteiger partial charge in [-0.3, -0.25) is 0 Å². The summed E-state index contributed by atoms with van der Waals surface area (Å²) in [6.07, 6.45) is 0.0515. The Hall–Kier alpha value is -2.21. The van der Waals surface area contributed by atoms with Crippen LogP contribution in [0.25, 0.3) is 11.5 Å². The molecule has 0 aliphatic heterocycles. The Morgan fingerprint density at radius 3 is 2.57 bits per heavy atom. The molecule has 1 aromatic heterocycles. The topological polar surface area (TPSA) is 85.5 Å². The first-order valence-corrected chi connectivity index (χ1v) is 6.68. The first-order valence-electron chi connectivity index (χ1n) is 6.68. The predicted molar refractivity (Wildman–Crippen MR) is 76.1 cm³/mol. The van der Waals surface area contributed by atoms with E-state index in [2.05, 4.69) is 10.2 Å². The molecule has 0 spiro atoms. The Balaban J connectivity index is 2.43. The summed E-state index contributed by atoms with van der Waals surface area (Å²) in [6, 6.07) is 3.60. The summed E-state index contributed by atoms with van der Waals surface area (Å²) in [6.45, 7) is 7.58. The number of aromatic nitrogens is 2. The van der Waals surface area contributed by atoms with Crippen LogP contribution in [0.3, 0.4) is 0 Å². The van der Waals surface area contributed by atoms with Gasteiger partial charge >= 0.3 is 5.97 Å². The van der Waals surface area contributed by atoms with Crippen LogP contribution in [-0.4, -0.2) is 27.4 Å². The van der Waals surface area contributed by atoms with Crippen molar-refractivity contribution in [2.45, 2.75) is 40.4 Å². The summed E-state index contributed by atoms with van der Waals surface area (Å²) in [7, 11) is 0. The zero-order chi connectivity index (χ0) is 15.6. The molecule has 1 aromatic carbocycles. The number of carboxylic acids is 1. The van der Waals surface area contributed by atoms with E-state index in [1.807, 2.05) is 26.8 Å². The van der Waals surface area contributed by atoms with Crippen LogP contribution >= 0.6 is 0 Å². The third-order valence-corrected chi connectivity index (χ3v) is 3.06. The van der Waals surface area contributed by atoms with E-state index in [0.29, 0.717) is 17.0 Å². The van der Waals surface area contributed by atoms with Crippen LogP contribution < -0.4 is 0 Å². The van der Waals surface area contributed by atoms with Crippen molar-refractivity contribution in [1.29, 1.82) is 0 Å². The van der Waals surface area contributed by atoms with Gasteiger partial charge < -0.3 is 14.3 Å². The molecule has 6 heteroatoms. The maximum Gasteiger partial charge on any atom is 0.336 e. The lowest BCUT2D eigenvalue weighted by Crippen LogP contribution is -2.04.